The topological polar surface area (TPSA) is 102 Å². The van der Waals surface area contributed by atoms with Crippen molar-refractivity contribution in [2.45, 2.75) is 39.3 Å². The molecule has 0 spiro atoms. The molecule has 1 aromatic rings. The van der Waals surface area contributed by atoms with E-state index < -0.39 is 12.2 Å². The van der Waals surface area contributed by atoms with Gasteiger partial charge < -0.3 is 25.2 Å². The lowest BCUT2D eigenvalue weighted by Crippen LogP contribution is -2.40. The number of aliphatic hydroxyl groups is 1. The predicted molar refractivity (Wildman–Crippen MR) is 105 cm³/mol. The average molecular weight is 421 g/mol. The third kappa shape index (κ3) is 6.16. The number of rotatable bonds is 9. The normalized spacial score (nSPS) is 12.0. The third-order valence-electron chi connectivity index (χ3n) is 4.18. The highest BCUT2D eigenvalue weighted by Gasteiger charge is 2.26. The van der Waals surface area contributed by atoms with Crippen molar-refractivity contribution in [3.63, 3.8) is 0 Å². The third-order valence-corrected chi connectivity index (χ3v) is 4.80. The first-order valence-corrected chi connectivity index (χ1v) is 9.36. The second-order valence-electron chi connectivity index (χ2n) is 6.30. The number of ether oxygens (including phenoxy) is 2. The maximum Gasteiger partial charge on any atom is 0.404 e. The molecular weight excluding hydrogens is 395 g/mol. The van der Waals surface area contributed by atoms with E-state index in [2.05, 4.69) is 0 Å². The summed E-state index contributed by atoms with van der Waals surface area (Å²) in [6, 6.07) is 1.56. The largest absolute Gasteiger partial charge is 0.496 e. The number of hydrogen-bond acceptors (Lipinski definition) is 5. The fourth-order valence-electron chi connectivity index (χ4n) is 2.84. The fourth-order valence-corrected chi connectivity index (χ4v) is 3.23. The van der Waals surface area contributed by atoms with Crippen molar-refractivity contribution in [1.29, 1.82) is 0 Å². The second kappa shape index (κ2) is 10.6. The van der Waals surface area contributed by atoms with Crippen molar-refractivity contribution in [2.24, 2.45) is 5.73 Å². The summed E-state index contributed by atoms with van der Waals surface area (Å²) in [5, 5.41) is 11.3. The van der Waals surface area contributed by atoms with Crippen LogP contribution in [0.4, 0.5) is 4.79 Å². The molecule has 1 atom stereocenters. The van der Waals surface area contributed by atoms with Gasteiger partial charge >= 0.3 is 6.09 Å². The monoisotopic (exact) mass is 420 g/mol. The minimum Gasteiger partial charge on any atom is -0.496 e. The lowest BCUT2D eigenvalue weighted by molar-refractivity contribution is -0.131. The van der Waals surface area contributed by atoms with Gasteiger partial charge in [0.25, 0.3) is 0 Å². The summed E-state index contributed by atoms with van der Waals surface area (Å²) in [6.07, 6.45) is -1.61. The maximum absolute atomic E-state index is 12.1. The lowest BCUT2D eigenvalue weighted by atomic mass is 9.96. The van der Waals surface area contributed by atoms with Crippen molar-refractivity contribution < 1.29 is 24.2 Å². The van der Waals surface area contributed by atoms with Crippen molar-refractivity contribution >= 4 is 35.2 Å². The van der Waals surface area contributed by atoms with Gasteiger partial charge in [0.05, 0.1) is 20.3 Å². The molecule has 0 aliphatic carbocycles. The molecule has 0 radical (unpaired) electrons. The van der Waals surface area contributed by atoms with Gasteiger partial charge in [-0.15, -0.1) is 11.6 Å². The molecule has 9 heteroatoms. The molecule has 27 heavy (non-hydrogen) atoms. The molecule has 0 heterocycles. The highest BCUT2D eigenvalue weighted by Crippen LogP contribution is 2.37. The number of amides is 2. The van der Waals surface area contributed by atoms with Gasteiger partial charge in [-0.2, -0.15) is 0 Å². The van der Waals surface area contributed by atoms with E-state index in [1.165, 1.54) is 12.0 Å². The number of nitrogens with two attached hydrogens (primary N) is 1. The minimum atomic E-state index is -1.04. The summed E-state index contributed by atoms with van der Waals surface area (Å²) < 4.78 is 10.3. The molecule has 1 aromatic carbocycles. The first-order chi connectivity index (χ1) is 12.6. The lowest BCUT2D eigenvalue weighted by Gasteiger charge is -2.30. The number of nitrogens with zero attached hydrogens (tertiary/aromatic N) is 1. The Morgan fingerprint density at radius 3 is 2.48 bits per heavy atom. The van der Waals surface area contributed by atoms with E-state index in [0.29, 0.717) is 33.9 Å². The summed E-state index contributed by atoms with van der Waals surface area (Å²) in [4.78, 5) is 24.3. The van der Waals surface area contributed by atoms with E-state index in [9.17, 15) is 14.7 Å². The van der Waals surface area contributed by atoms with Crippen LogP contribution in [0.25, 0.3) is 0 Å². The summed E-state index contributed by atoms with van der Waals surface area (Å²) in [5.74, 6) is -0.0225. The standard InChI is InChI=1S/C18H26Cl2N2O5/c1-10(2)22(15(24)8-19)9-14(23)16-11(3)13(20)7-12(17(16)26-4)5-6-27-18(21)25/h7,10,14,23H,5-6,8-9H2,1-4H3,(H2,21,25). The SMILES string of the molecule is COc1c(CCOC(N)=O)cc(Cl)c(C)c1C(O)CN(C(=O)CCl)C(C)C. The van der Waals surface area contributed by atoms with Crippen LogP contribution < -0.4 is 10.5 Å². The summed E-state index contributed by atoms with van der Waals surface area (Å²) in [6.45, 7) is 5.52. The van der Waals surface area contributed by atoms with Crippen LogP contribution in [0.3, 0.4) is 0 Å². The van der Waals surface area contributed by atoms with Gasteiger partial charge in [-0.05, 0) is 38.0 Å². The summed E-state index contributed by atoms with van der Waals surface area (Å²) in [5.41, 5.74) is 6.75. The Balaban J connectivity index is 3.25. The van der Waals surface area contributed by atoms with Crippen LogP contribution >= 0.6 is 23.2 Å². The number of alkyl halides is 1. The van der Waals surface area contributed by atoms with Gasteiger partial charge in [0.15, 0.2) is 0 Å². The Morgan fingerprint density at radius 1 is 1.37 bits per heavy atom. The second-order valence-corrected chi connectivity index (χ2v) is 6.97. The van der Waals surface area contributed by atoms with Gasteiger partial charge in [-0.3, -0.25) is 4.79 Å². The number of benzene rings is 1. The van der Waals surface area contributed by atoms with E-state index in [1.54, 1.807) is 13.0 Å². The Hall–Kier alpha value is -1.70. The quantitative estimate of drug-likeness (QED) is 0.597. The number of primary amides is 1. The fraction of sp³-hybridized carbons (Fsp3) is 0.556. The molecule has 0 aliphatic rings. The first kappa shape index (κ1) is 23.3. The van der Waals surface area contributed by atoms with Crippen molar-refractivity contribution in [3.8, 4) is 5.75 Å². The van der Waals surface area contributed by atoms with Gasteiger partial charge in [0, 0.05) is 23.0 Å². The Kier molecular flexibility index (Phi) is 9.15. The van der Waals surface area contributed by atoms with Crippen molar-refractivity contribution in [2.75, 3.05) is 26.1 Å². The zero-order chi connectivity index (χ0) is 20.7. The van der Waals surface area contributed by atoms with Crippen LogP contribution in [-0.4, -0.2) is 54.2 Å². The predicted octanol–water partition coefficient (Wildman–Crippen LogP) is 2.80. The average Bonchev–Trinajstić information content (AvgIpc) is 2.60. The molecule has 0 saturated carbocycles. The molecule has 0 bridgehead atoms. The molecule has 1 unspecified atom stereocenters. The van der Waals surface area contributed by atoms with Gasteiger partial charge in [0.1, 0.15) is 17.7 Å². The molecule has 2 amide bonds. The van der Waals surface area contributed by atoms with Gasteiger partial charge in [-0.25, -0.2) is 4.79 Å². The smallest absolute Gasteiger partial charge is 0.404 e. The van der Waals surface area contributed by atoms with Crippen LogP contribution in [0.5, 0.6) is 5.75 Å². The molecule has 0 aromatic heterocycles. The molecule has 3 N–H and O–H groups in total. The molecule has 0 aliphatic heterocycles. The van der Waals surface area contributed by atoms with Crippen LogP contribution in [0.2, 0.25) is 5.02 Å². The van der Waals surface area contributed by atoms with Crippen LogP contribution in [-0.2, 0) is 16.0 Å². The number of carbonyl (C=O) groups excluding carboxylic acids is 2. The van der Waals surface area contributed by atoms with Crippen molar-refractivity contribution in [1.82, 2.24) is 4.90 Å². The van der Waals surface area contributed by atoms with E-state index in [-0.39, 0.29) is 31.0 Å². The van der Waals surface area contributed by atoms with Crippen LogP contribution in [0.1, 0.15) is 36.6 Å². The van der Waals surface area contributed by atoms with Gasteiger partial charge in [-0.1, -0.05) is 11.6 Å². The molecule has 0 fully saturated rings. The molecule has 152 valence electrons. The van der Waals surface area contributed by atoms with Crippen LogP contribution in [0.15, 0.2) is 6.07 Å². The Morgan fingerprint density at radius 2 is 2.00 bits per heavy atom. The van der Waals surface area contributed by atoms with Gasteiger partial charge in [0.2, 0.25) is 5.91 Å². The highest BCUT2D eigenvalue weighted by atomic mass is 35.5. The number of carbonyl (C=O) groups is 2. The molecule has 7 nitrogen and oxygen atoms in total. The number of aliphatic hydroxyl groups excluding tert-OH is 1. The zero-order valence-corrected chi connectivity index (χ0v) is 17.4. The van der Waals surface area contributed by atoms with E-state index >= 15 is 0 Å². The molecule has 0 saturated heterocycles. The van der Waals surface area contributed by atoms with E-state index in [4.69, 9.17) is 38.4 Å². The van der Waals surface area contributed by atoms with E-state index in [1.807, 2.05) is 13.8 Å². The van der Waals surface area contributed by atoms with Crippen LogP contribution in [0, 0.1) is 6.92 Å². The molecule has 1 rings (SSSR count). The number of methoxy groups -OCH3 is 1. The van der Waals surface area contributed by atoms with E-state index in [0.717, 1.165) is 0 Å². The summed E-state index contributed by atoms with van der Waals surface area (Å²) >= 11 is 12.0. The maximum atomic E-state index is 12.1. The van der Waals surface area contributed by atoms with Crippen molar-refractivity contribution in [3.05, 3.63) is 27.8 Å². The highest BCUT2D eigenvalue weighted by molar-refractivity contribution is 6.31. The Labute approximate surface area is 169 Å². The minimum absolute atomic E-state index is 0.0397. The number of halogens is 2. The number of hydrogen-bond donors (Lipinski definition) is 2. The molecular formula is C18H26Cl2N2O5. The summed E-state index contributed by atoms with van der Waals surface area (Å²) in [7, 11) is 1.47. The zero-order valence-electron chi connectivity index (χ0n) is 15.9. The first-order valence-electron chi connectivity index (χ1n) is 8.45. The Bertz CT molecular complexity index is 682.